The zero-order valence-electron chi connectivity index (χ0n) is 24.0. The summed E-state index contributed by atoms with van der Waals surface area (Å²) >= 11 is 5.46. The molecule has 1 amide bonds. The van der Waals surface area contributed by atoms with Crippen molar-refractivity contribution >= 4 is 33.4 Å². The molecule has 1 aromatic heterocycles. The van der Waals surface area contributed by atoms with Crippen molar-refractivity contribution in [3.63, 3.8) is 0 Å². The molecule has 2 aromatic carbocycles. The Bertz CT molecular complexity index is 1770. The smallest absolute Gasteiger partial charge is 0.409 e. The van der Waals surface area contributed by atoms with Crippen LogP contribution in [-0.4, -0.2) is 66.2 Å². The summed E-state index contributed by atoms with van der Waals surface area (Å²) in [5, 5.41) is 5.93. The molecule has 1 aliphatic heterocycles. The molecule has 3 aromatic rings. The van der Waals surface area contributed by atoms with Crippen molar-refractivity contribution in [3.8, 4) is 17.0 Å². The Morgan fingerprint density at radius 1 is 1.19 bits per heavy atom. The first-order valence-electron chi connectivity index (χ1n) is 13.1. The number of alkyl halides is 6. The standard InChI is InChI=1S/C23H19ClF8N6O4S/c1-36(17-3-2-15(25)18(24)19(17)26)21(39)42-20-13(6-11(22(27,28)29)7-14(20)23(30,31)32)16-10-38(35-34-16)12-8-37(9-12)43(40,41)5-4-33/h2-3,6-7,10,12H,4-5,8-9,33H2,1H3/i1D3. The number of halogens is 9. The highest BCUT2D eigenvalue weighted by molar-refractivity contribution is 7.89. The Kier molecular flexibility index (Phi) is 7.56. The molecule has 43 heavy (non-hydrogen) atoms. The van der Waals surface area contributed by atoms with Crippen molar-refractivity contribution in [1.29, 1.82) is 0 Å². The minimum atomic E-state index is -5.66. The first-order valence-corrected chi connectivity index (χ1v) is 13.6. The molecule has 0 saturated carbocycles. The predicted octanol–water partition coefficient (Wildman–Crippen LogP) is 4.69. The van der Waals surface area contributed by atoms with Crippen LogP contribution in [0.1, 0.15) is 21.3 Å². The van der Waals surface area contributed by atoms with Crippen molar-refractivity contribution in [2.24, 2.45) is 5.73 Å². The zero-order chi connectivity index (χ0) is 34.6. The van der Waals surface area contributed by atoms with Crippen LogP contribution in [0, 0.1) is 11.6 Å². The van der Waals surface area contributed by atoms with Crippen LogP contribution in [0.5, 0.6) is 5.75 Å². The van der Waals surface area contributed by atoms with Crippen LogP contribution < -0.4 is 15.4 Å². The number of amides is 1. The number of carbonyl (C=O) groups excluding carboxylic acids is 1. The number of aromatic nitrogens is 3. The van der Waals surface area contributed by atoms with Gasteiger partial charge in [-0.3, -0.25) is 4.90 Å². The van der Waals surface area contributed by atoms with Gasteiger partial charge in [0.2, 0.25) is 10.0 Å². The lowest BCUT2D eigenvalue weighted by molar-refractivity contribution is -0.143. The summed E-state index contributed by atoms with van der Waals surface area (Å²) in [6.07, 6.45) is -12.5. The third kappa shape index (κ3) is 6.53. The lowest BCUT2D eigenvalue weighted by Gasteiger charge is -2.37. The largest absolute Gasteiger partial charge is 0.420 e. The third-order valence-corrected chi connectivity index (χ3v) is 8.29. The molecule has 4 rings (SSSR count). The number of nitrogens with two attached hydrogens (primary N) is 1. The van der Waals surface area contributed by atoms with Gasteiger partial charge in [-0.05, 0) is 24.3 Å². The lowest BCUT2D eigenvalue weighted by Crippen LogP contribution is -2.52. The molecular formula is C23H19ClF8N6O4S. The molecule has 20 heteroatoms. The average molecular weight is 666 g/mol. The number of benzene rings is 2. The van der Waals surface area contributed by atoms with E-state index in [1.807, 2.05) is 0 Å². The maximum Gasteiger partial charge on any atom is 0.420 e. The molecule has 1 saturated heterocycles. The van der Waals surface area contributed by atoms with Gasteiger partial charge in [0.15, 0.2) is 11.6 Å². The van der Waals surface area contributed by atoms with Gasteiger partial charge in [-0.25, -0.2) is 26.7 Å². The van der Waals surface area contributed by atoms with Gasteiger partial charge in [0, 0.05) is 36.3 Å². The van der Waals surface area contributed by atoms with Crippen molar-refractivity contribution in [2.45, 2.75) is 18.4 Å². The predicted molar refractivity (Wildman–Crippen MR) is 135 cm³/mol. The Balaban J connectivity index is 1.83. The number of rotatable bonds is 7. The van der Waals surface area contributed by atoms with E-state index in [-0.39, 0.29) is 31.5 Å². The second-order valence-electron chi connectivity index (χ2n) is 8.95. The summed E-state index contributed by atoms with van der Waals surface area (Å²) in [4.78, 5) is 12.7. The van der Waals surface area contributed by atoms with Crippen LogP contribution in [0.15, 0.2) is 30.5 Å². The fourth-order valence-corrected chi connectivity index (χ4v) is 5.40. The first kappa shape index (κ1) is 28.2. The van der Waals surface area contributed by atoms with Crippen LogP contribution in [0.25, 0.3) is 11.3 Å². The van der Waals surface area contributed by atoms with Gasteiger partial charge in [0.1, 0.15) is 16.5 Å². The van der Waals surface area contributed by atoms with Crippen molar-refractivity contribution in [2.75, 3.05) is 37.3 Å². The quantitative estimate of drug-likeness (QED) is 0.287. The van der Waals surface area contributed by atoms with Gasteiger partial charge >= 0.3 is 18.4 Å². The van der Waals surface area contributed by atoms with Gasteiger partial charge in [0.25, 0.3) is 0 Å². The fraction of sp³-hybridized carbons (Fsp3) is 0.348. The Hall–Kier alpha value is -3.55. The number of ether oxygens (including phenoxy) is 1. The maximum absolute atomic E-state index is 14.8. The van der Waals surface area contributed by atoms with Crippen molar-refractivity contribution in [3.05, 3.63) is 58.2 Å². The molecule has 1 aliphatic rings. The number of hydrogen-bond acceptors (Lipinski definition) is 7. The van der Waals surface area contributed by atoms with E-state index in [0.29, 0.717) is 12.1 Å². The SMILES string of the molecule is [2H]C([2H])([2H])N(C(=O)Oc1c(-c2cn(C3CN(S(=O)(=O)CCN)C3)nn2)cc(C(F)(F)F)cc1C(F)(F)F)c1ccc(F)c(Cl)c1F. The normalized spacial score (nSPS) is 16.3. The van der Waals surface area contributed by atoms with Crippen molar-refractivity contribution in [1.82, 2.24) is 19.3 Å². The number of sulfonamides is 1. The molecule has 1 fully saturated rings. The highest BCUT2D eigenvalue weighted by Crippen LogP contribution is 2.46. The number of nitrogens with zero attached hydrogens (tertiary/aromatic N) is 5. The molecule has 0 unspecified atom stereocenters. The molecule has 0 radical (unpaired) electrons. The average Bonchev–Trinajstić information content (AvgIpc) is 3.35. The number of carbonyl (C=O) groups is 1. The maximum atomic E-state index is 14.8. The molecule has 2 heterocycles. The van der Waals surface area contributed by atoms with Crippen LogP contribution in [0.2, 0.25) is 5.02 Å². The number of anilines is 1. The Labute approximate surface area is 246 Å². The monoisotopic (exact) mass is 665 g/mol. The van der Waals surface area contributed by atoms with Gasteiger partial charge in [-0.15, -0.1) is 5.10 Å². The molecule has 234 valence electrons. The van der Waals surface area contributed by atoms with E-state index in [1.165, 1.54) is 0 Å². The van der Waals surface area contributed by atoms with E-state index in [4.69, 9.17) is 26.2 Å². The second kappa shape index (κ2) is 11.5. The third-order valence-electron chi connectivity index (χ3n) is 6.11. The van der Waals surface area contributed by atoms with E-state index < -0.39 is 103 Å². The van der Waals surface area contributed by atoms with E-state index >= 15 is 0 Å². The molecule has 0 aliphatic carbocycles. The van der Waals surface area contributed by atoms with Gasteiger partial charge in [-0.1, -0.05) is 16.8 Å². The van der Waals surface area contributed by atoms with Crippen molar-refractivity contribution < 1.29 is 57.2 Å². The molecule has 0 spiro atoms. The molecule has 0 atom stereocenters. The van der Waals surface area contributed by atoms with Gasteiger partial charge in [0.05, 0.1) is 34.8 Å². The Morgan fingerprint density at radius 3 is 2.44 bits per heavy atom. The summed E-state index contributed by atoms with van der Waals surface area (Å²) in [5.41, 5.74) is -1.95. The fourth-order valence-electron chi connectivity index (χ4n) is 3.89. The van der Waals surface area contributed by atoms with E-state index in [1.54, 1.807) is 0 Å². The summed E-state index contributed by atoms with van der Waals surface area (Å²) < 4.78 is 166. The minimum Gasteiger partial charge on any atom is -0.409 e. The Morgan fingerprint density at radius 2 is 1.86 bits per heavy atom. The molecule has 10 nitrogen and oxygen atoms in total. The summed E-state index contributed by atoms with van der Waals surface area (Å²) in [6, 6.07) is -0.176. The highest BCUT2D eigenvalue weighted by Gasteiger charge is 2.42. The van der Waals surface area contributed by atoms with Crippen LogP contribution >= 0.6 is 11.6 Å². The van der Waals surface area contributed by atoms with Gasteiger partial charge < -0.3 is 10.5 Å². The lowest BCUT2D eigenvalue weighted by atomic mass is 10.0. The molecule has 0 bridgehead atoms. The second-order valence-corrected chi connectivity index (χ2v) is 11.4. The molecule has 2 N–H and O–H groups in total. The number of hydrogen-bond donors (Lipinski definition) is 1. The van der Waals surface area contributed by atoms with E-state index in [9.17, 15) is 48.3 Å². The first-order chi connectivity index (χ1) is 21.1. The van der Waals surface area contributed by atoms with Crippen LogP contribution in [-0.2, 0) is 22.4 Å². The van der Waals surface area contributed by atoms with E-state index in [0.717, 1.165) is 15.2 Å². The zero-order valence-corrected chi connectivity index (χ0v) is 22.6. The summed E-state index contributed by atoms with van der Waals surface area (Å²) in [5.74, 6) is -5.26. The molecular weight excluding hydrogens is 644 g/mol. The summed E-state index contributed by atoms with van der Waals surface area (Å²) in [7, 11) is -3.74. The topological polar surface area (TPSA) is 124 Å². The van der Waals surface area contributed by atoms with E-state index in [2.05, 4.69) is 10.3 Å². The highest BCUT2D eigenvalue weighted by atomic mass is 35.5. The van der Waals surface area contributed by atoms with Crippen LogP contribution in [0.4, 0.5) is 45.6 Å². The van der Waals surface area contributed by atoms with Crippen LogP contribution in [0.3, 0.4) is 0 Å². The summed E-state index contributed by atoms with van der Waals surface area (Å²) in [6.45, 7) is -4.28. The van der Waals surface area contributed by atoms with Gasteiger partial charge in [-0.2, -0.15) is 30.6 Å². The minimum absolute atomic E-state index is 0.125.